The highest BCUT2D eigenvalue weighted by Crippen LogP contribution is 2.15. The molecule has 3 heteroatoms. The van der Waals surface area contributed by atoms with E-state index >= 15 is 0 Å². The summed E-state index contributed by atoms with van der Waals surface area (Å²) in [7, 11) is 3.92. The largest absolute Gasteiger partial charge is 0.497 e. The fourth-order valence-corrected chi connectivity index (χ4v) is 2.40. The molecule has 17 heavy (non-hydrogen) atoms. The van der Waals surface area contributed by atoms with E-state index in [2.05, 4.69) is 29.4 Å². The van der Waals surface area contributed by atoms with E-state index in [0.29, 0.717) is 6.04 Å². The second-order valence-corrected chi connectivity index (χ2v) is 4.76. The number of benzene rings is 1. The predicted octanol–water partition coefficient (Wildman–Crippen LogP) is 1.88. The second-order valence-electron chi connectivity index (χ2n) is 4.76. The summed E-state index contributed by atoms with van der Waals surface area (Å²) in [5.74, 6) is 0.933. The first-order valence-electron chi connectivity index (χ1n) is 6.33. The minimum atomic E-state index is 0.709. The van der Waals surface area contributed by atoms with Gasteiger partial charge in [-0.1, -0.05) is 12.1 Å². The van der Waals surface area contributed by atoms with Gasteiger partial charge in [0.25, 0.3) is 0 Å². The molecule has 1 aliphatic rings. The van der Waals surface area contributed by atoms with Crippen molar-refractivity contribution in [3.63, 3.8) is 0 Å². The second kappa shape index (κ2) is 6.03. The molecule has 0 spiro atoms. The molecule has 0 aromatic heterocycles. The quantitative estimate of drug-likeness (QED) is 0.842. The van der Waals surface area contributed by atoms with E-state index in [9.17, 15) is 0 Å². The molecule has 0 saturated carbocycles. The normalized spacial score (nSPS) is 20.7. The number of nitrogens with one attached hydrogen (secondary N) is 1. The summed E-state index contributed by atoms with van der Waals surface area (Å²) < 4.78 is 5.22. The monoisotopic (exact) mass is 234 g/mol. The van der Waals surface area contributed by atoms with Crippen LogP contribution in [0.2, 0.25) is 0 Å². The highest BCUT2D eigenvalue weighted by molar-refractivity contribution is 5.28. The van der Waals surface area contributed by atoms with Crippen molar-refractivity contribution in [2.24, 2.45) is 0 Å². The van der Waals surface area contributed by atoms with Gasteiger partial charge in [0.15, 0.2) is 0 Å². The minimum absolute atomic E-state index is 0.709. The van der Waals surface area contributed by atoms with Gasteiger partial charge in [0.05, 0.1) is 7.11 Å². The van der Waals surface area contributed by atoms with E-state index in [4.69, 9.17) is 4.74 Å². The molecule has 3 nitrogen and oxygen atoms in total. The number of likely N-dealkylation sites (N-methyl/N-ethyl adjacent to an activating group) is 1. The van der Waals surface area contributed by atoms with E-state index in [0.717, 1.165) is 18.8 Å². The summed E-state index contributed by atoms with van der Waals surface area (Å²) in [4.78, 5) is 2.44. The van der Waals surface area contributed by atoms with Crippen LogP contribution < -0.4 is 10.1 Å². The standard InChI is InChI=1S/C14H22N2O/c1-16-8-4-6-13(16)11-15-10-12-5-3-7-14(9-12)17-2/h3,5,7,9,13,15H,4,6,8,10-11H2,1-2H3/t13-/m0/s1. The van der Waals surface area contributed by atoms with Crippen molar-refractivity contribution in [2.45, 2.75) is 25.4 Å². The Bertz CT molecular complexity index is 354. The van der Waals surface area contributed by atoms with E-state index in [-0.39, 0.29) is 0 Å². The van der Waals surface area contributed by atoms with Crippen LogP contribution in [0.25, 0.3) is 0 Å². The third-order valence-corrected chi connectivity index (χ3v) is 3.51. The zero-order valence-electron chi connectivity index (χ0n) is 10.8. The zero-order chi connectivity index (χ0) is 12.1. The van der Waals surface area contributed by atoms with Crippen molar-refractivity contribution in [3.8, 4) is 5.75 Å². The number of rotatable bonds is 5. The van der Waals surface area contributed by atoms with Crippen LogP contribution in [0.3, 0.4) is 0 Å². The van der Waals surface area contributed by atoms with E-state index < -0.39 is 0 Å². The van der Waals surface area contributed by atoms with Crippen molar-refractivity contribution < 1.29 is 4.74 Å². The number of hydrogen-bond donors (Lipinski definition) is 1. The van der Waals surface area contributed by atoms with Crippen molar-refractivity contribution in [2.75, 3.05) is 27.2 Å². The summed E-state index contributed by atoms with van der Waals surface area (Å²) in [6, 6.07) is 8.95. The van der Waals surface area contributed by atoms with E-state index in [1.165, 1.54) is 24.9 Å². The third-order valence-electron chi connectivity index (χ3n) is 3.51. The number of ether oxygens (including phenoxy) is 1. The van der Waals surface area contributed by atoms with Crippen molar-refractivity contribution in [3.05, 3.63) is 29.8 Å². The van der Waals surface area contributed by atoms with Crippen LogP contribution in [-0.2, 0) is 6.54 Å². The molecule has 1 aromatic rings. The van der Waals surface area contributed by atoms with Gasteiger partial charge in [-0.25, -0.2) is 0 Å². The Hall–Kier alpha value is -1.06. The smallest absolute Gasteiger partial charge is 0.119 e. The number of likely N-dealkylation sites (tertiary alicyclic amines) is 1. The van der Waals surface area contributed by atoms with Crippen molar-refractivity contribution in [1.82, 2.24) is 10.2 Å². The topological polar surface area (TPSA) is 24.5 Å². The summed E-state index contributed by atoms with van der Waals surface area (Å²) >= 11 is 0. The first-order chi connectivity index (χ1) is 8.29. The Morgan fingerprint density at radius 3 is 3.06 bits per heavy atom. The van der Waals surface area contributed by atoms with Crippen LogP contribution in [0.15, 0.2) is 24.3 Å². The van der Waals surface area contributed by atoms with Gasteiger partial charge in [-0.05, 0) is 44.1 Å². The van der Waals surface area contributed by atoms with Gasteiger partial charge < -0.3 is 15.0 Å². The molecule has 1 heterocycles. The molecule has 1 fully saturated rings. The number of hydrogen-bond acceptors (Lipinski definition) is 3. The molecule has 1 N–H and O–H groups in total. The first kappa shape index (κ1) is 12.4. The summed E-state index contributed by atoms with van der Waals surface area (Å²) in [6.45, 7) is 3.24. The van der Waals surface area contributed by atoms with Gasteiger partial charge in [-0.2, -0.15) is 0 Å². The Labute approximate surface area is 104 Å². The molecule has 94 valence electrons. The van der Waals surface area contributed by atoms with E-state index in [1.54, 1.807) is 7.11 Å². The fourth-order valence-electron chi connectivity index (χ4n) is 2.40. The molecular formula is C14H22N2O. The maximum absolute atomic E-state index is 5.22. The lowest BCUT2D eigenvalue weighted by molar-refractivity contribution is 0.300. The summed E-state index contributed by atoms with van der Waals surface area (Å²) in [6.07, 6.45) is 2.66. The lowest BCUT2D eigenvalue weighted by atomic mass is 10.2. The Balaban J connectivity index is 1.77. The molecule has 0 radical (unpaired) electrons. The van der Waals surface area contributed by atoms with Crippen LogP contribution in [0, 0.1) is 0 Å². The maximum Gasteiger partial charge on any atom is 0.119 e. The summed E-state index contributed by atoms with van der Waals surface area (Å²) in [5.41, 5.74) is 1.28. The van der Waals surface area contributed by atoms with Gasteiger partial charge in [-0.3, -0.25) is 0 Å². The van der Waals surface area contributed by atoms with Gasteiger partial charge in [0.2, 0.25) is 0 Å². The Morgan fingerprint density at radius 2 is 2.35 bits per heavy atom. The SMILES string of the molecule is COc1cccc(CNC[C@@H]2CCCN2C)c1. The maximum atomic E-state index is 5.22. The van der Waals surface area contributed by atoms with Gasteiger partial charge in [0, 0.05) is 19.1 Å². The van der Waals surface area contributed by atoms with E-state index in [1.807, 2.05) is 12.1 Å². The summed E-state index contributed by atoms with van der Waals surface area (Å²) in [5, 5.41) is 3.53. The number of methoxy groups -OCH3 is 1. The fraction of sp³-hybridized carbons (Fsp3) is 0.571. The first-order valence-corrected chi connectivity index (χ1v) is 6.33. The Kier molecular flexibility index (Phi) is 4.40. The minimum Gasteiger partial charge on any atom is -0.497 e. The lowest BCUT2D eigenvalue weighted by Gasteiger charge is -2.19. The highest BCUT2D eigenvalue weighted by atomic mass is 16.5. The molecule has 0 amide bonds. The molecule has 1 atom stereocenters. The zero-order valence-corrected chi connectivity index (χ0v) is 10.8. The van der Waals surface area contributed by atoms with Crippen molar-refractivity contribution in [1.29, 1.82) is 0 Å². The van der Waals surface area contributed by atoms with Crippen LogP contribution in [0.5, 0.6) is 5.75 Å². The molecule has 0 bridgehead atoms. The molecule has 1 saturated heterocycles. The van der Waals surface area contributed by atoms with Gasteiger partial charge >= 0.3 is 0 Å². The van der Waals surface area contributed by atoms with Gasteiger partial charge in [0.1, 0.15) is 5.75 Å². The molecule has 0 aliphatic carbocycles. The van der Waals surface area contributed by atoms with Crippen LogP contribution in [-0.4, -0.2) is 38.2 Å². The highest BCUT2D eigenvalue weighted by Gasteiger charge is 2.19. The average molecular weight is 234 g/mol. The molecule has 1 aromatic carbocycles. The van der Waals surface area contributed by atoms with Gasteiger partial charge in [-0.15, -0.1) is 0 Å². The van der Waals surface area contributed by atoms with Crippen LogP contribution in [0.4, 0.5) is 0 Å². The Morgan fingerprint density at radius 1 is 1.47 bits per heavy atom. The molecule has 2 rings (SSSR count). The van der Waals surface area contributed by atoms with Crippen LogP contribution >= 0.6 is 0 Å². The molecule has 1 aliphatic heterocycles. The lowest BCUT2D eigenvalue weighted by Crippen LogP contribution is -2.35. The predicted molar refractivity (Wildman–Crippen MR) is 70.4 cm³/mol. The molecule has 0 unspecified atom stereocenters. The third kappa shape index (κ3) is 3.45. The van der Waals surface area contributed by atoms with Crippen molar-refractivity contribution >= 4 is 0 Å². The number of nitrogens with zero attached hydrogens (tertiary/aromatic N) is 1. The van der Waals surface area contributed by atoms with Crippen LogP contribution in [0.1, 0.15) is 18.4 Å². The molecular weight excluding hydrogens is 212 g/mol. The average Bonchev–Trinajstić information content (AvgIpc) is 2.76.